The minimum atomic E-state index is -1.16. The maximum Gasteiger partial charge on any atom is 0.325 e. The quantitative estimate of drug-likeness (QED) is 0.854. The van der Waals surface area contributed by atoms with Crippen LogP contribution < -0.4 is 5.32 Å². The molecule has 0 unspecified atom stereocenters. The molecule has 0 saturated carbocycles. The fourth-order valence-electron chi connectivity index (χ4n) is 2.62. The van der Waals surface area contributed by atoms with E-state index in [-0.39, 0.29) is 12.5 Å². The number of amides is 3. The predicted molar refractivity (Wildman–Crippen MR) is 86.0 cm³/mol. The Hall–Kier alpha value is -2.15. The van der Waals surface area contributed by atoms with Gasteiger partial charge >= 0.3 is 6.03 Å². The SMILES string of the molecule is CCCc1nc(CN2C(=O)N[C@@](C)(c3ccc(C)o3)C2=O)cs1. The van der Waals surface area contributed by atoms with Crippen LogP contribution in [0.4, 0.5) is 4.79 Å². The average Bonchev–Trinajstić information content (AvgIpc) is 3.17. The lowest BCUT2D eigenvalue weighted by Gasteiger charge is -2.18. The van der Waals surface area contributed by atoms with E-state index >= 15 is 0 Å². The summed E-state index contributed by atoms with van der Waals surface area (Å²) in [7, 11) is 0. The first-order chi connectivity index (χ1) is 10.9. The predicted octanol–water partition coefficient (Wildman–Crippen LogP) is 2.96. The number of carbonyl (C=O) groups is 2. The van der Waals surface area contributed by atoms with Gasteiger partial charge in [-0.25, -0.2) is 9.78 Å². The van der Waals surface area contributed by atoms with Gasteiger partial charge in [-0.1, -0.05) is 6.92 Å². The minimum absolute atomic E-state index is 0.181. The zero-order valence-electron chi connectivity index (χ0n) is 13.4. The number of urea groups is 1. The number of aromatic nitrogens is 1. The molecule has 0 bridgehead atoms. The topological polar surface area (TPSA) is 75.4 Å². The zero-order chi connectivity index (χ0) is 16.6. The van der Waals surface area contributed by atoms with E-state index in [4.69, 9.17) is 4.42 Å². The van der Waals surface area contributed by atoms with Gasteiger partial charge in [0, 0.05) is 5.38 Å². The summed E-state index contributed by atoms with van der Waals surface area (Å²) in [5, 5.41) is 5.66. The summed E-state index contributed by atoms with van der Waals surface area (Å²) in [6.07, 6.45) is 1.93. The Bertz CT molecular complexity index is 751. The first-order valence-corrected chi connectivity index (χ1v) is 8.46. The molecule has 3 amide bonds. The fourth-order valence-corrected chi connectivity index (χ4v) is 3.51. The van der Waals surface area contributed by atoms with Gasteiger partial charge in [0.1, 0.15) is 11.5 Å². The normalized spacial score (nSPS) is 21.1. The Morgan fingerprint density at radius 2 is 2.17 bits per heavy atom. The highest BCUT2D eigenvalue weighted by Crippen LogP contribution is 2.31. The maximum absolute atomic E-state index is 12.7. The number of nitrogens with zero attached hydrogens (tertiary/aromatic N) is 2. The molecule has 0 spiro atoms. The molecule has 1 aliphatic rings. The third-order valence-corrected chi connectivity index (χ3v) is 4.85. The van der Waals surface area contributed by atoms with Crippen molar-refractivity contribution in [2.24, 2.45) is 0 Å². The van der Waals surface area contributed by atoms with Gasteiger partial charge in [0.05, 0.1) is 17.2 Å². The number of thiazole rings is 1. The van der Waals surface area contributed by atoms with Gasteiger partial charge in [-0.15, -0.1) is 11.3 Å². The molecule has 0 aromatic carbocycles. The van der Waals surface area contributed by atoms with Crippen LogP contribution in [0.25, 0.3) is 0 Å². The van der Waals surface area contributed by atoms with Crippen LogP contribution in [-0.2, 0) is 23.3 Å². The van der Waals surface area contributed by atoms with E-state index in [9.17, 15) is 9.59 Å². The number of nitrogens with one attached hydrogen (secondary N) is 1. The summed E-state index contributed by atoms with van der Waals surface area (Å²) < 4.78 is 5.55. The van der Waals surface area contributed by atoms with Crippen LogP contribution in [0.1, 0.15) is 42.5 Å². The molecule has 1 atom stereocenters. The Labute approximate surface area is 138 Å². The number of furan rings is 1. The van der Waals surface area contributed by atoms with Crippen LogP contribution in [0.5, 0.6) is 0 Å². The molecule has 1 fully saturated rings. The average molecular weight is 333 g/mol. The third kappa shape index (κ3) is 2.76. The van der Waals surface area contributed by atoms with Crippen molar-refractivity contribution in [1.29, 1.82) is 0 Å². The van der Waals surface area contributed by atoms with E-state index < -0.39 is 11.6 Å². The summed E-state index contributed by atoms with van der Waals surface area (Å²) in [6.45, 7) is 5.74. The van der Waals surface area contributed by atoms with Crippen molar-refractivity contribution in [3.8, 4) is 0 Å². The molecule has 0 radical (unpaired) electrons. The third-order valence-electron chi connectivity index (χ3n) is 3.89. The fraction of sp³-hybridized carbons (Fsp3) is 0.438. The monoisotopic (exact) mass is 333 g/mol. The smallest absolute Gasteiger partial charge is 0.325 e. The molecular weight excluding hydrogens is 314 g/mol. The molecule has 0 aliphatic carbocycles. The molecule has 2 aromatic rings. The molecule has 7 heteroatoms. The summed E-state index contributed by atoms with van der Waals surface area (Å²) in [4.78, 5) is 30.7. The highest BCUT2D eigenvalue weighted by molar-refractivity contribution is 7.09. The summed E-state index contributed by atoms with van der Waals surface area (Å²) >= 11 is 1.56. The van der Waals surface area contributed by atoms with Gasteiger partial charge in [-0.2, -0.15) is 0 Å². The van der Waals surface area contributed by atoms with Crippen LogP contribution in [0.15, 0.2) is 21.9 Å². The van der Waals surface area contributed by atoms with Crippen molar-refractivity contribution in [3.05, 3.63) is 39.7 Å². The standard InChI is InChI=1S/C16H19N3O3S/c1-4-5-13-17-11(9-23-13)8-19-14(20)16(3,18-15(19)21)12-7-6-10(2)22-12/h6-7,9H,4-5,8H2,1-3H3,(H,18,21)/t16-/m0/s1. The first kappa shape index (κ1) is 15.7. The Morgan fingerprint density at radius 3 is 2.83 bits per heavy atom. The number of rotatable bonds is 5. The van der Waals surface area contributed by atoms with Crippen LogP contribution in [-0.4, -0.2) is 21.8 Å². The van der Waals surface area contributed by atoms with E-state index in [0.29, 0.717) is 11.5 Å². The lowest BCUT2D eigenvalue weighted by molar-refractivity contribution is -0.132. The number of carbonyl (C=O) groups excluding carboxylic acids is 2. The Kier molecular flexibility index (Phi) is 3.97. The van der Waals surface area contributed by atoms with Crippen molar-refractivity contribution in [2.45, 2.75) is 45.7 Å². The van der Waals surface area contributed by atoms with E-state index in [1.54, 1.807) is 37.3 Å². The summed E-state index contributed by atoms with van der Waals surface area (Å²) in [5.41, 5.74) is -0.421. The number of hydrogen-bond donors (Lipinski definition) is 1. The second-order valence-corrected chi connectivity index (χ2v) is 6.78. The molecule has 23 heavy (non-hydrogen) atoms. The van der Waals surface area contributed by atoms with Crippen molar-refractivity contribution in [3.63, 3.8) is 0 Å². The maximum atomic E-state index is 12.7. The second kappa shape index (κ2) is 5.81. The second-order valence-electron chi connectivity index (χ2n) is 5.84. The van der Waals surface area contributed by atoms with Crippen LogP contribution in [0, 0.1) is 6.92 Å². The zero-order valence-corrected chi connectivity index (χ0v) is 14.2. The van der Waals surface area contributed by atoms with E-state index in [1.807, 2.05) is 5.38 Å². The molecule has 1 aliphatic heterocycles. The van der Waals surface area contributed by atoms with Crippen molar-refractivity contribution >= 4 is 23.3 Å². The Balaban J connectivity index is 1.81. The van der Waals surface area contributed by atoms with Gasteiger partial charge in [0.15, 0.2) is 5.54 Å². The highest BCUT2D eigenvalue weighted by Gasteiger charge is 2.51. The molecule has 6 nitrogen and oxygen atoms in total. The lowest BCUT2D eigenvalue weighted by Crippen LogP contribution is -2.40. The number of imide groups is 1. The number of hydrogen-bond acceptors (Lipinski definition) is 5. The summed E-state index contributed by atoms with van der Waals surface area (Å²) in [6, 6.07) is 3.08. The minimum Gasteiger partial charge on any atom is -0.463 e. The molecular formula is C16H19N3O3S. The van der Waals surface area contributed by atoms with Crippen LogP contribution in [0.2, 0.25) is 0 Å². The van der Waals surface area contributed by atoms with Crippen LogP contribution >= 0.6 is 11.3 Å². The van der Waals surface area contributed by atoms with Crippen molar-refractivity contribution in [2.75, 3.05) is 0 Å². The van der Waals surface area contributed by atoms with Crippen molar-refractivity contribution < 1.29 is 14.0 Å². The molecule has 122 valence electrons. The Morgan fingerprint density at radius 1 is 1.39 bits per heavy atom. The van der Waals surface area contributed by atoms with Crippen molar-refractivity contribution in [1.82, 2.24) is 15.2 Å². The molecule has 1 N–H and O–H groups in total. The van der Waals surface area contributed by atoms with E-state index in [1.165, 1.54) is 4.90 Å². The highest BCUT2D eigenvalue weighted by atomic mass is 32.1. The number of aryl methyl sites for hydroxylation is 2. The van der Waals surface area contributed by atoms with Gasteiger partial charge in [-0.05, 0) is 38.8 Å². The summed E-state index contributed by atoms with van der Waals surface area (Å²) in [5.74, 6) is 0.827. The molecule has 3 heterocycles. The lowest BCUT2D eigenvalue weighted by atomic mass is 9.99. The molecule has 2 aromatic heterocycles. The molecule has 3 rings (SSSR count). The van der Waals surface area contributed by atoms with Gasteiger partial charge < -0.3 is 9.73 Å². The van der Waals surface area contributed by atoms with Gasteiger partial charge in [-0.3, -0.25) is 9.69 Å². The largest absolute Gasteiger partial charge is 0.463 e. The van der Waals surface area contributed by atoms with E-state index in [0.717, 1.165) is 23.5 Å². The van der Waals surface area contributed by atoms with E-state index in [2.05, 4.69) is 17.2 Å². The molecule has 1 saturated heterocycles. The first-order valence-electron chi connectivity index (χ1n) is 7.58. The van der Waals surface area contributed by atoms with Gasteiger partial charge in [0.2, 0.25) is 0 Å². The van der Waals surface area contributed by atoms with Gasteiger partial charge in [0.25, 0.3) is 5.91 Å². The van der Waals surface area contributed by atoms with Crippen LogP contribution in [0.3, 0.4) is 0 Å².